The SMILES string of the molecule is COC(=O)[C@H](Cc1ccc(O)cc1)N(Cc1cccc(F)c1)OC(=O)c1cn2cc(-c3ccc(Cl)cc3)ccc2n1. The molecule has 5 rings (SSSR count). The van der Waals surface area contributed by atoms with Gasteiger partial charge in [-0.05, 0) is 70.8 Å². The normalized spacial score (nSPS) is 11.9. The molecular weight excluding hydrogens is 549 g/mol. The van der Waals surface area contributed by atoms with Gasteiger partial charge in [0.15, 0.2) is 5.69 Å². The molecule has 0 aliphatic carbocycles. The fourth-order valence-corrected chi connectivity index (χ4v) is 4.50. The molecule has 2 aromatic heterocycles. The van der Waals surface area contributed by atoms with Gasteiger partial charge in [-0.2, -0.15) is 0 Å². The molecule has 0 unspecified atom stereocenters. The van der Waals surface area contributed by atoms with Crippen molar-refractivity contribution in [2.75, 3.05) is 7.11 Å². The number of ether oxygens (including phenoxy) is 1. The molecule has 208 valence electrons. The Kier molecular flexibility index (Phi) is 8.28. The molecule has 10 heteroatoms. The van der Waals surface area contributed by atoms with Crippen LogP contribution in [0, 0.1) is 5.82 Å². The number of hydrogen-bond acceptors (Lipinski definition) is 7. The van der Waals surface area contributed by atoms with Crippen molar-refractivity contribution in [2.45, 2.75) is 19.0 Å². The van der Waals surface area contributed by atoms with E-state index in [1.54, 1.807) is 40.8 Å². The minimum atomic E-state index is -1.08. The molecule has 1 atom stereocenters. The second-order valence-corrected chi connectivity index (χ2v) is 9.75. The van der Waals surface area contributed by atoms with Gasteiger partial charge in [0.1, 0.15) is 23.3 Å². The maximum absolute atomic E-state index is 14.0. The monoisotopic (exact) mass is 573 g/mol. The number of fused-ring (bicyclic) bond motifs is 1. The number of imidazole rings is 1. The van der Waals surface area contributed by atoms with Crippen LogP contribution in [0.1, 0.15) is 21.6 Å². The highest BCUT2D eigenvalue weighted by molar-refractivity contribution is 6.30. The Balaban J connectivity index is 1.44. The van der Waals surface area contributed by atoms with E-state index in [1.807, 2.05) is 24.4 Å². The molecule has 5 aromatic rings. The molecule has 2 heterocycles. The number of rotatable bonds is 9. The van der Waals surface area contributed by atoms with Crippen LogP contribution in [0.3, 0.4) is 0 Å². The van der Waals surface area contributed by atoms with Crippen molar-refractivity contribution in [2.24, 2.45) is 0 Å². The number of carbonyl (C=O) groups excluding carboxylic acids is 2. The fraction of sp³-hybridized carbons (Fsp3) is 0.129. The van der Waals surface area contributed by atoms with Crippen molar-refractivity contribution in [3.8, 4) is 16.9 Å². The van der Waals surface area contributed by atoms with Crippen LogP contribution in [0.15, 0.2) is 97.3 Å². The summed E-state index contributed by atoms with van der Waals surface area (Å²) in [6, 6.07) is 22.0. The molecular formula is C31H25ClFN3O5. The predicted molar refractivity (Wildman–Crippen MR) is 151 cm³/mol. The van der Waals surface area contributed by atoms with Crippen molar-refractivity contribution >= 4 is 29.2 Å². The van der Waals surface area contributed by atoms with E-state index in [9.17, 15) is 19.1 Å². The first-order valence-electron chi connectivity index (χ1n) is 12.6. The van der Waals surface area contributed by atoms with Gasteiger partial charge in [0.2, 0.25) is 0 Å². The summed E-state index contributed by atoms with van der Waals surface area (Å²) in [5, 5.41) is 11.4. The van der Waals surface area contributed by atoms with Gasteiger partial charge in [-0.25, -0.2) is 14.2 Å². The Morgan fingerprint density at radius 1 is 0.976 bits per heavy atom. The summed E-state index contributed by atoms with van der Waals surface area (Å²) in [7, 11) is 1.23. The van der Waals surface area contributed by atoms with Crippen molar-refractivity contribution in [1.29, 1.82) is 0 Å². The van der Waals surface area contributed by atoms with E-state index < -0.39 is 23.8 Å². The van der Waals surface area contributed by atoms with Gasteiger partial charge in [0.25, 0.3) is 0 Å². The smallest absolute Gasteiger partial charge is 0.377 e. The molecule has 8 nitrogen and oxygen atoms in total. The quantitative estimate of drug-likeness (QED) is 0.174. The van der Waals surface area contributed by atoms with Gasteiger partial charge in [0.05, 0.1) is 13.7 Å². The van der Waals surface area contributed by atoms with Crippen molar-refractivity contribution in [3.63, 3.8) is 0 Å². The number of hydrogen-bond donors (Lipinski definition) is 1. The lowest BCUT2D eigenvalue weighted by Crippen LogP contribution is -2.44. The van der Waals surface area contributed by atoms with Crippen molar-refractivity contribution < 1.29 is 28.7 Å². The average Bonchev–Trinajstić information content (AvgIpc) is 3.40. The number of hydroxylamine groups is 2. The number of phenols is 1. The lowest BCUT2D eigenvalue weighted by molar-refractivity contribution is -0.177. The number of aromatic hydroxyl groups is 1. The van der Waals surface area contributed by atoms with Gasteiger partial charge in [-0.15, -0.1) is 5.06 Å². The Morgan fingerprint density at radius 3 is 2.41 bits per heavy atom. The fourth-order valence-electron chi connectivity index (χ4n) is 4.37. The zero-order chi connectivity index (χ0) is 28.9. The summed E-state index contributed by atoms with van der Waals surface area (Å²) in [5.41, 5.74) is 3.50. The summed E-state index contributed by atoms with van der Waals surface area (Å²) >= 11 is 6.01. The summed E-state index contributed by atoms with van der Waals surface area (Å²) in [6.45, 7) is -0.102. The van der Waals surface area contributed by atoms with Crippen LogP contribution in [-0.4, -0.2) is 44.6 Å². The van der Waals surface area contributed by atoms with Crippen molar-refractivity contribution in [3.05, 3.63) is 125 Å². The van der Waals surface area contributed by atoms with Crippen LogP contribution in [0.5, 0.6) is 5.75 Å². The summed E-state index contributed by atoms with van der Waals surface area (Å²) < 4.78 is 20.7. The van der Waals surface area contributed by atoms with Gasteiger partial charge in [-0.3, -0.25) is 4.79 Å². The summed E-state index contributed by atoms with van der Waals surface area (Å²) in [5.74, 6) is -1.88. The number of phenolic OH excluding ortho intramolecular Hbond substituents is 1. The Morgan fingerprint density at radius 2 is 1.71 bits per heavy atom. The lowest BCUT2D eigenvalue weighted by atomic mass is 10.0. The van der Waals surface area contributed by atoms with Gasteiger partial charge < -0.3 is 19.1 Å². The number of methoxy groups -OCH3 is 1. The molecule has 0 radical (unpaired) electrons. The summed E-state index contributed by atoms with van der Waals surface area (Å²) in [4.78, 5) is 36.4. The molecule has 3 aromatic carbocycles. The van der Waals surface area contributed by atoms with E-state index in [1.165, 1.54) is 48.7 Å². The molecule has 0 aliphatic heterocycles. The Hall–Kier alpha value is -4.73. The number of halogens is 2. The van der Waals surface area contributed by atoms with Gasteiger partial charge in [-0.1, -0.05) is 48.0 Å². The third-order valence-electron chi connectivity index (χ3n) is 6.45. The average molecular weight is 574 g/mol. The molecule has 0 saturated heterocycles. The van der Waals surface area contributed by atoms with E-state index in [-0.39, 0.29) is 24.4 Å². The second kappa shape index (κ2) is 12.2. The molecule has 0 bridgehead atoms. The number of aromatic nitrogens is 2. The number of esters is 1. The van der Waals surface area contributed by atoms with E-state index in [0.717, 1.165) is 11.1 Å². The molecule has 0 aliphatic rings. The van der Waals surface area contributed by atoms with Crippen LogP contribution in [0.4, 0.5) is 4.39 Å². The molecule has 0 saturated carbocycles. The predicted octanol–water partition coefficient (Wildman–Crippen LogP) is 5.86. The van der Waals surface area contributed by atoms with Gasteiger partial charge in [0, 0.05) is 23.8 Å². The lowest BCUT2D eigenvalue weighted by Gasteiger charge is -2.28. The molecule has 41 heavy (non-hydrogen) atoms. The molecule has 0 fully saturated rings. The standard InChI is InChI=1S/C31H25ClFN3O5/c1-40-31(39)28(16-20-5-12-26(37)13-6-20)36(17-21-3-2-4-25(33)15-21)41-30(38)27-19-35-18-23(9-14-29(35)34-27)22-7-10-24(32)11-8-22/h2-15,18-19,28,37H,16-17H2,1H3/t28-/m0/s1. The molecule has 0 spiro atoms. The van der Waals surface area contributed by atoms with Crippen LogP contribution < -0.4 is 0 Å². The van der Waals surface area contributed by atoms with E-state index in [4.69, 9.17) is 21.2 Å². The van der Waals surface area contributed by atoms with Crippen LogP contribution >= 0.6 is 11.6 Å². The molecule has 0 amide bonds. The van der Waals surface area contributed by atoms with E-state index >= 15 is 0 Å². The number of pyridine rings is 1. The van der Waals surface area contributed by atoms with Crippen molar-refractivity contribution in [1.82, 2.24) is 14.4 Å². The highest BCUT2D eigenvalue weighted by Crippen LogP contribution is 2.23. The number of benzene rings is 3. The minimum Gasteiger partial charge on any atom is -0.508 e. The first-order chi connectivity index (χ1) is 19.8. The first kappa shape index (κ1) is 27.8. The highest BCUT2D eigenvalue weighted by atomic mass is 35.5. The third kappa shape index (κ3) is 6.71. The van der Waals surface area contributed by atoms with E-state index in [0.29, 0.717) is 21.8 Å². The maximum Gasteiger partial charge on any atom is 0.377 e. The van der Waals surface area contributed by atoms with Crippen LogP contribution in [0.25, 0.3) is 16.8 Å². The van der Waals surface area contributed by atoms with Crippen LogP contribution in [-0.2, 0) is 27.3 Å². The van der Waals surface area contributed by atoms with E-state index in [2.05, 4.69) is 4.98 Å². The number of carbonyl (C=O) groups is 2. The topological polar surface area (TPSA) is 93.4 Å². The van der Waals surface area contributed by atoms with Crippen LogP contribution in [0.2, 0.25) is 5.02 Å². The summed E-state index contributed by atoms with van der Waals surface area (Å²) in [6.07, 6.45) is 3.45. The maximum atomic E-state index is 14.0. The van der Waals surface area contributed by atoms with Gasteiger partial charge >= 0.3 is 11.9 Å². The third-order valence-corrected chi connectivity index (χ3v) is 6.70. The Labute approximate surface area is 240 Å². The zero-order valence-electron chi connectivity index (χ0n) is 21.9. The number of nitrogens with zero attached hydrogens (tertiary/aromatic N) is 3. The first-order valence-corrected chi connectivity index (χ1v) is 13.0. The zero-order valence-corrected chi connectivity index (χ0v) is 22.7. The largest absolute Gasteiger partial charge is 0.508 e. The minimum absolute atomic E-state index is 0.00995. The Bertz CT molecular complexity index is 1690. The highest BCUT2D eigenvalue weighted by Gasteiger charge is 2.32. The second-order valence-electron chi connectivity index (χ2n) is 9.31. The molecule has 1 N–H and O–H groups in total.